The number of pyridine rings is 4. The van der Waals surface area contributed by atoms with Crippen LogP contribution in [0, 0.1) is 62.3 Å². The zero-order chi connectivity index (χ0) is 97.8. The third kappa shape index (κ3) is 23.0. The molecular weight excluding hydrogens is 1760 g/mol. The molecule has 0 amide bonds. The number of nitrogens with zero attached hydrogens (tertiary/aromatic N) is 4. The van der Waals surface area contributed by atoms with Crippen LogP contribution in [0.3, 0.4) is 0 Å². The summed E-state index contributed by atoms with van der Waals surface area (Å²) in [4.78, 5) is 18.1. The molecule has 0 bridgehead atoms. The SMILES string of the molecule is Cc1ccc(-c2ccc(-c3ccccc3)cn2)cc1.Cc1ccc(-c2cccc(-c3ccccc3)c2)nc1.Cc1ccc(-c2cccc(-c3ccccc3)n2)cc1.Cc1ccc(-c2ccccc2)nc1.Cc1ccc2c(c1)C(C)(C)c1ccccc1-2.Cc1ccc2oc3ccccc3c2c1.Cc1ccc2sc3ccccc3c2c1.Cc1cccc2oc3ccccc3c12.Cc1cccc2sc3ccccc3c12. The van der Waals surface area contributed by atoms with E-state index in [9.17, 15) is 0 Å². The lowest BCUT2D eigenvalue weighted by molar-refractivity contribution is 0.660. The molecule has 1 aliphatic carbocycles. The van der Waals surface area contributed by atoms with Crippen molar-refractivity contribution in [1.82, 2.24) is 19.9 Å². The van der Waals surface area contributed by atoms with E-state index in [4.69, 9.17) is 13.8 Å². The van der Waals surface area contributed by atoms with E-state index < -0.39 is 0 Å². The Morgan fingerprint density at radius 2 is 0.570 bits per heavy atom. The molecule has 0 N–H and O–H groups in total. The van der Waals surface area contributed by atoms with Crippen molar-refractivity contribution in [2.75, 3.05) is 0 Å². The summed E-state index contributed by atoms with van der Waals surface area (Å²) in [6.07, 6.45) is 5.73. The number of thiophene rings is 2. The normalized spacial score (nSPS) is 11.3. The van der Waals surface area contributed by atoms with Gasteiger partial charge in [0.05, 0.1) is 28.5 Å². The maximum atomic E-state index is 5.73. The smallest absolute Gasteiger partial charge is 0.135 e. The van der Waals surface area contributed by atoms with Crippen LogP contribution in [-0.4, -0.2) is 19.9 Å². The van der Waals surface area contributed by atoms with Gasteiger partial charge in [-0.05, 0) is 221 Å². The van der Waals surface area contributed by atoms with E-state index in [0.29, 0.717) is 0 Å². The molecule has 0 unspecified atom stereocenters. The molecule has 1 aliphatic rings. The van der Waals surface area contributed by atoms with E-state index in [0.717, 1.165) is 78.6 Å². The van der Waals surface area contributed by atoms with Crippen LogP contribution in [0.2, 0.25) is 0 Å². The summed E-state index contributed by atoms with van der Waals surface area (Å²) in [6.45, 7) is 23.6. The van der Waals surface area contributed by atoms with Crippen LogP contribution in [0.4, 0.5) is 0 Å². The first-order valence-corrected chi connectivity index (χ1v) is 49.9. The summed E-state index contributed by atoms with van der Waals surface area (Å²) in [5.41, 5.74) is 37.0. The highest BCUT2D eigenvalue weighted by Gasteiger charge is 2.35. The van der Waals surface area contributed by atoms with E-state index in [-0.39, 0.29) is 5.41 Å². The van der Waals surface area contributed by atoms with Crippen molar-refractivity contribution in [1.29, 1.82) is 0 Å². The van der Waals surface area contributed by atoms with Crippen LogP contribution < -0.4 is 0 Å². The van der Waals surface area contributed by atoms with Crippen molar-refractivity contribution < 1.29 is 8.83 Å². The van der Waals surface area contributed by atoms with E-state index in [1.807, 2.05) is 176 Å². The number of hydrogen-bond donors (Lipinski definition) is 0. The van der Waals surface area contributed by atoms with Gasteiger partial charge in [0.1, 0.15) is 22.3 Å². The Bertz CT molecular complexity index is 8190. The predicted octanol–water partition coefficient (Wildman–Crippen LogP) is 38.0. The number of rotatable bonds is 7. The Morgan fingerprint density at radius 3 is 1.18 bits per heavy atom. The molecule has 0 atom stereocenters. The molecule has 26 rings (SSSR count). The van der Waals surface area contributed by atoms with Crippen LogP contribution in [0.25, 0.3) is 174 Å². The molecule has 0 saturated heterocycles. The molecule has 0 saturated carbocycles. The first-order chi connectivity index (χ1) is 69.4. The van der Waals surface area contributed by atoms with Crippen LogP contribution in [0.5, 0.6) is 0 Å². The highest BCUT2D eigenvalue weighted by molar-refractivity contribution is 7.26. The second-order valence-electron chi connectivity index (χ2n) is 36.6. The number of para-hydroxylation sites is 2. The van der Waals surface area contributed by atoms with E-state index in [1.54, 1.807) is 0 Å². The Balaban J connectivity index is 0.000000106. The zero-order valence-electron chi connectivity index (χ0n) is 82.0. The molecule has 692 valence electrons. The average molecular weight is 1870 g/mol. The first-order valence-electron chi connectivity index (χ1n) is 48.3. The maximum absolute atomic E-state index is 5.73. The van der Waals surface area contributed by atoms with Crippen LogP contribution in [0.15, 0.2) is 488 Å². The lowest BCUT2D eigenvalue weighted by Crippen LogP contribution is -2.14. The lowest BCUT2D eigenvalue weighted by atomic mass is 9.82. The number of fused-ring (bicyclic) bond motifs is 15. The fourth-order valence-electron chi connectivity index (χ4n) is 18.0. The summed E-state index contributed by atoms with van der Waals surface area (Å²) in [5.74, 6) is 0. The van der Waals surface area contributed by atoms with Crippen molar-refractivity contribution in [2.45, 2.75) is 81.6 Å². The number of aromatic nitrogens is 4. The molecule has 6 nitrogen and oxygen atoms in total. The minimum atomic E-state index is 0.151. The predicted molar refractivity (Wildman–Crippen MR) is 608 cm³/mol. The van der Waals surface area contributed by atoms with Gasteiger partial charge in [-0.25, -0.2) is 4.98 Å². The zero-order valence-corrected chi connectivity index (χ0v) is 83.7. The van der Waals surface area contributed by atoms with Gasteiger partial charge in [-0.1, -0.05) is 406 Å². The Morgan fingerprint density at radius 1 is 0.197 bits per heavy atom. The largest absolute Gasteiger partial charge is 0.456 e. The van der Waals surface area contributed by atoms with Crippen molar-refractivity contribution in [3.63, 3.8) is 0 Å². The summed E-state index contributed by atoms with van der Waals surface area (Å²) in [7, 11) is 0. The summed E-state index contributed by atoms with van der Waals surface area (Å²) >= 11 is 3.75. The first kappa shape index (κ1) is 95.7. The molecule has 8 heterocycles. The van der Waals surface area contributed by atoms with Crippen LogP contribution in [0.1, 0.15) is 75.0 Å². The van der Waals surface area contributed by atoms with Crippen molar-refractivity contribution in [3.05, 3.63) is 541 Å². The molecule has 0 fully saturated rings. The fraction of sp³-hybridized carbons (Fsp3) is 0.0896. The number of furan rings is 2. The van der Waals surface area contributed by atoms with Gasteiger partial charge < -0.3 is 8.83 Å². The van der Waals surface area contributed by atoms with Crippen molar-refractivity contribution in [2.24, 2.45) is 0 Å². The van der Waals surface area contributed by atoms with Gasteiger partial charge in [-0.2, -0.15) is 0 Å². The summed E-state index contributed by atoms with van der Waals surface area (Å²) < 4.78 is 17.0. The molecule has 17 aromatic carbocycles. The van der Waals surface area contributed by atoms with Gasteiger partial charge in [0.15, 0.2) is 0 Å². The van der Waals surface area contributed by atoms with E-state index in [2.05, 4.69) is 418 Å². The average Bonchev–Trinajstić information content (AvgIpc) is 1.58. The minimum Gasteiger partial charge on any atom is -0.456 e. The summed E-state index contributed by atoms with van der Waals surface area (Å²) in [6, 6.07) is 160. The number of benzene rings is 17. The molecule has 142 heavy (non-hydrogen) atoms. The van der Waals surface area contributed by atoms with Gasteiger partial charge in [-0.15, -0.1) is 22.7 Å². The molecular formula is C134H112N4O2S2. The van der Waals surface area contributed by atoms with Crippen molar-refractivity contribution in [3.8, 4) is 89.7 Å². The van der Waals surface area contributed by atoms with Crippen molar-refractivity contribution >= 4 is 107 Å². The lowest BCUT2D eigenvalue weighted by Gasteiger charge is -2.21. The van der Waals surface area contributed by atoms with E-state index >= 15 is 0 Å². The monoisotopic (exact) mass is 1870 g/mol. The van der Waals surface area contributed by atoms with Crippen LogP contribution in [-0.2, 0) is 5.41 Å². The molecule has 0 aliphatic heterocycles. The van der Waals surface area contributed by atoms with Gasteiger partial charge in [0.25, 0.3) is 0 Å². The van der Waals surface area contributed by atoms with Gasteiger partial charge >= 0.3 is 0 Å². The third-order valence-electron chi connectivity index (χ3n) is 25.6. The standard InChI is InChI=1S/3C18H15N.C16H16.2C13H10O.2C13H10S.C12H11N/c1-14-10-12-16(13-11-14)18-9-5-8-17(19-18)15-6-3-2-4-7-15;1-14-10-11-18(19-13-14)17-9-5-8-16(12-17)15-6-3-2-4-7-15;1-14-7-9-16(10-8-14)18-12-11-17(13-19-18)15-5-3-2-4-6-15;1-11-8-9-13-12-6-4-5-7-14(12)16(2,3)15(13)10-11;1-9-5-4-8-12-13(9)10-6-2-3-7-11(10)14-12;1-9-6-7-13-11(8-9)10-4-2-3-5-12(10)14-13;1-9-5-4-8-12-13(9)10-6-2-3-7-11(10)14-12;1-9-6-7-13-11(8-9)10-4-2-3-5-12(10)14-13;1-10-7-8-12(13-9-10)11-5-3-2-4-6-11/h3*2-13H,1H3;4-10H,1-3H3;4*2-8H,1H3;2-9H,1H3. The van der Waals surface area contributed by atoms with Gasteiger partial charge in [-0.3, -0.25) is 15.0 Å². The molecule has 25 aromatic rings. The van der Waals surface area contributed by atoms with E-state index in [1.165, 1.54) is 156 Å². The highest BCUT2D eigenvalue weighted by Crippen LogP contribution is 2.49. The quantitative estimate of drug-likeness (QED) is 0.158. The Labute approximate surface area is 841 Å². The fourth-order valence-corrected chi connectivity index (χ4v) is 20.2. The summed E-state index contributed by atoms with van der Waals surface area (Å²) in [5, 5.41) is 10.5. The second kappa shape index (κ2) is 44.9. The van der Waals surface area contributed by atoms with Gasteiger partial charge in [0.2, 0.25) is 0 Å². The molecule has 0 radical (unpaired) electrons. The van der Waals surface area contributed by atoms with Crippen LogP contribution >= 0.6 is 22.7 Å². The molecule has 8 aromatic heterocycles. The minimum absolute atomic E-state index is 0.151. The number of hydrogen-bond acceptors (Lipinski definition) is 8. The maximum Gasteiger partial charge on any atom is 0.135 e. The topological polar surface area (TPSA) is 77.8 Å². The number of aryl methyl sites for hydroxylation is 9. The third-order valence-corrected chi connectivity index (χ3v) is 27.9. The second-order valence-corrected chi connectivity index (χ2v) is 38.7. The Kier molecular flexibility index (Phi) is 30.2. The molecule has 0 spiro atoms. The molecule has 8 heteroatoms. The Hall–Kier alpha value is -16.6. The highest BCUT2D eigenvalue weighted by atomic mass is 32.1. The van der Waals surface area contributed by atoms with Gasteiger partial charge in [0, 0.05) is 119 Å².